The Morgan fingerprint density at radius 2 is 1.93 bits per heavy atom. The molecule has 0 aromatic heterocycles. The van der Waals surface area contributed by atoms with Gasteiger partial charge in [0.05, 0.1) is 0 Å². The molecule has 2 aromatic carbocycles. The van der Waals surface area contributed by atoms with Gasteiger partial charge in [0, 0.05) is 17.3 Å². The first-order valence-electron chi connectivity index (χ1n) is 9.72. The topological polar surface area (TPSA) is 94.2 Å². The summed E-state index contributed by atoms with van der Waals surface area (Å²) in [5, 5.41) is 2.49. The van der Waals surface area contributed by atoms with Crippen LogP contribution in [0.1, 0.15) is 29.8 Å². The number of benzene rings is 2. The van der Waals surface area contributed by atoms with Gasteiger partial charge in [0.1, 0.15) is 6.54 Å². The number of hydrogen-bond acceptors (Lipinski definition) is 6. The molecule has 8 nitrogen and oxygen atoms in total. The summed E-state index contributed by atoms with van der Waals surface area (Å²) in [5.41, 5.74) is 2.26. The number of nitrogens with zero attached hydrogens (tertiary/aromatic N) is 1. The molecule has 0 radical (unpaired) electrons. The third-order valence-corrected chi connectivity index (χ3v) is 5.13. The van der Waals surface area contributed by atoms with Crippen LogP contribution in [-0.2, 0) is 20.7 Å². The van der Waals surface area contributed by atoms with Crippen molar-refractivity contribution < 1.29 is 28.6 Å². The van der Waals surface area contributed by atoms with E-state index in [0.29, 0.717) is 17.1 Å². The summed E-state index contributed by atoms with van der Waals surface area (Å²) >= 11 is 0. The Labute approximate surface area is 173 Å². The van der Waals surface area contributed by atoms with Crippen molar-refractivity contribution in [2.24, 2.45) is 0 Å². The van der Waals surface area contributed by atoms with Gasteiger partial charge in [0.2, 0.25) is 6.79 Å². The van der Waals surface area contributed by atoms with Crippen LogP contribution < -0.4 is 19.7 Å². The van der Waals surface area contributed by atoms with Gasteiger partial charge in [0.25, 0.3) is 11.8 Å². The summed E-state index contributed by atoms with van der Waals surface area (Å²) < 4.78 is 15.7. The van der Waals surface area contributed by atoms with E-state index >= 15 is 0 Å². The SMILES string of the molecule is C[C@H](OC(=O)CNC(=O)c1ccc2c(c1)OCO2)C(=O)N1c2ccccc2C[C@@H]1C. The van der Waals surface area contributed by atoms with Crippen LogP contribution in [0, 0.1) is 0 Å². The van der Waals surface area contributed by atoms with Gasteiger partial charge in [-0.2, -0.15) is 0 Å². The molecule has 4 rings (SSSR count). The Morgan fingerprint density at radius 1 is 1.17 bits per heavy atom. The number of hydrogen-bond donors (Lipinski definition) is 1. The molecule has 0 spiro atoms. The summed E-state index contributed by atoms with van der Waals surface area (Å²) in [6, 6.07) is 12.4. The number of fused-ring (bicyclic) bond motifs is 2. The zero-order valence-electron chi connectivity index (χ0n) is 16.7. The lowest BCUT2D eigenvalue weighted by Gasteiger charge is -2.26. The summed E-state index contributed by atoms with van der Waals surface area (Å²) in [7, 11) is 0. The molecule has 156 valence electrons. The fraction of sp³-hybridized carbons (Fsp3) is 0.318. The van der Waals surface area contributed by atoms with Gasteiger partial charge < -0.3 is 24.4 Å². The number of rotatable bonds is 5. The van der Waals surface area contributed by atoms with Crippen molar-refractivity contribution in [3.63, 3.8) is 0 Å². The zero-order chi connectivity index (χ0) is 21.3. The number of ether oxygens (including phenoxy) is 3. The maximum absolute atomic E-state index is 12.9. The van der Waals surface area contributed by atoms with E-state index in [4.69, 9.17) is 14.2 Å². The van der Waals surface area contributed by atoms with E-state index in [1.54, 1.807) is 23.1 Å². The van der Waals surface area contributed by atoms with Crippen molar-refractivity contribution >= 4 is 23.5 Å². The number of nitrogens with one attached hydrogen (secondary N) is 1. The first kappa shape index (κ1) is 19.8. The Hall–Kier alpha value is -3.55. The van der Waals surface area contributed by atoms with E-state index in [2.05, 4.69) is 5.32 Å². The minimum absolute atomic E-state index is 0.0123. The van der Waals surface area contributed by atoms with Crippen molar-refractivity contribution in [1.29, 1.82) is 0 Å². The van der Waals surface area contributed by atoms with E-state index < -0.39 is 18.0 Å². The maximum Gasteiger partial charge on any atom is 0.326 e. The number of carbonyl (C=O) groups is 3. The van der Waals surface area contributed by atoms with Gasteiger partial charge >= 0.3 is 5.97 Å². The Bertz CT molecular complexity index is 1000. The second kappa shape index (κ2) is 8.06. The predicted octanol–water partition coefficient (Wildman–Crippen LogP) is 2.05. The van der Waals surface area contributed by atoms with Crippen molar-refractivity contribution in [1.82, 2.24) is 5.32 Å². The van der Waals surface area contributed by atoms with Gasteiger partial charge in [-0.1, -0.05) is 18.2 Å². The number of amides is 2. The fourth-order valence-electron chi connectivity index (χ4n) is 3.68. The normalized spacial score (nSPS) is 17.3. The quantitative estimate of drug-likeness (QED) is 0.759. The molecule has 2 amide bonds. The van der Waals surface area contributed by atoms with E-state index in [0.717, 1.165) is 17.7 Å². The third kappa shape index (κ3) is 3.80. The van der Waals surface area contributed by atoms with Gasteiger partial charge in [-0.3, -0.25) is 14.4 Å². The van der Waals surface area contributed by atoms with Crippen molar-refractivity contribution in [2.45, 2.75) is 32.4 Å². The first-order chi connectivity index (χ1) is 14.4. The molecule has 30 heavy (non-hydrogen) atoms. The van der Waals surface area contributed by atoms with E-state index in [1.165, 1.54) is 6.92 Å². The van der Waals surface area contributed by atoms with Crippen LogP contribution in [0.3, 0.4) is 0 Å². The van der Waals surface area contributed by atoms with Gasteiger partial charge in [-0.25, -0.2) is 0 Å². The minimum atomic E-state index is -0.964. The molecule has 0 aliphatic carbocycles. The number of para-hydroxylation sites is 1. The van der Waals surface area contributed by atoms with Crippen LogP contribution in [0.5, 0.6) is 11.5 Å². The molecule has 1 N–H and O–H groups in total. The van der Waals surface area contributed by atoms with Crippen LogP contribution in [0.2, 0.25) is 0 Å². The lowest BCUT2D eigenvalue weighted by molar-refractivity contribution is -0.152. The smallest absolute Gasteiger partial charge is 0.326 e. The van der Waals surface area contributed by atoms with E-state index in [1.807, 2.05) is 31.2 Å². The summed E-state index contributed by atoms with van der Waals surface area (Å²) in [6.07, 6.45) is -0.206. The van der Waals surface area contributed by atoms with Crippen LogP contribution in [0.4, 0.5) is 5.69 Å². The molecule has 0 bridgehead atoms. The molecule has 2 heterocycles. The molecule has 2 aromatic rings. The number of anilines is 1. The van der Waals surface area contributed by atoms with E-state index in [9.17, 15) is 14.4 Å². The monoisotopic (exact) mass is 410 g/mol. The number of esters is 1. The van der Waals surface area contributed by atoms with Gasteiger partial charge in [-0.15, -0.1) is 0 Å². The fourth-order valence-corrected chi connectivity index (χ4v) is 3.68. The van der Waals surface area contributed by atoms with Crippen molar-refractivity contribution in [3.8, 4) is 11.5 Å². The summed E-state index contributed by atoms with van der Waals surface area (Å²) in [4.78, 5) is 39.0. The zero-order valence-corrected chi connectivity index (χ0v) is 16.7. The predicted molar refractivity (Wildman–Crippen MR) is 108 cm³/mol. The van der Waals surface area contributed by atoms with Crippen molar-refractivity contribution in [3.05, 3.63) is 53.6 Å². The molecule has 0 saturated heterocycles. The molecule has 0 saturated carbocycles. The summed E-state index contributed by atoms with van der Waals surface area (Å²) in [6.45, 7) is 3.25. The Balaban J connectivity index is 1.31. The molecule has 0 fully saturated rings. The van der Waals surface area contributed by atoms with Crippen LogP contribution in [-0.4, -0.2) is 43.3 Å². The third-order valence-electron chi connectivity index (χ3n) is 5.13. The molecular weight excluding hydrogens is 388 g/mol. The lowest BCUT2D eigenvalue weighted by atomic mass is 10.1. The highest BCUT2D eigenvalue weighted by molar-refractivity contribution is 6.00. The second-order valence-electron chi connectivity index (χ2n) is 7.27. The largest absolute Gasteiger partial charge is 0.454 e. The molecule has 2 atom stereocenters. The van der Waals surface area contributed by atoms with Gasteiger partial charge in [0.15, 0.2) is 17.6 Å². The first-order valence-corrected chi connectivity index (χ1v) is 9.72. The second-order valence-corrected chi connectivity index (χ2v) is 7.27. The summed E-state index contributed by atoms with van der Waals surface area (Å²) in [5.74, 6) is -0.389. The molecule has 2 aliphatic rings. The molecule has 8 heteroatoms. The standard InChI is InChI=1S/C22H22N2O6/c1-13-9-15-5-3-4-6-17(15)24(13)22(27)14(2)30-20(25)11-23-21(26)16-7-8-18-19(10-16)29-12-28-18/h3-8,10,13-14H,9,11-12H2,1-2H3,(H,23,26)/t13-,14-/m0/s1. The van der Waals surface area contributed by atoms with Crippen LogP contribution in [0.15, 0.2) is 42.5 Å². The van der Waals surface area contributed by atoms with Crippen LogP contribution in [0.25, 0.3) is 0 Å². The average molecular weight is 410 g/mol. The highest BCUT2D eigenvalue weighted by Gasteiger charge is 2.34. The molecular formula is C22H22N2O6. The highest BCUT2D eigenvalue weighted by Crippen LogP contribution is 2.33. The lowest BCUT2D eigenvalue weighted by Crippen LogP contribution is -2.44. The minimum Gasteiger partial charge on any atom is -0.454 e. The number of carbonyl (C=O) groups excluding carboxylic acids is 3. The van der Waals surface area contributed by atoms with Crippen molar-refractivity contribution in [2.75, 3.05) is 18.2 Å². The Morgan fingerprint density at radius 3 is 2.77 bits per heavy atom. The van der Waals surface area contributed by atoms with Crippen LogP contribution >= 0.6 is 0 Å². The Kier molecular flexibility index (Phi) is 5.31. The molecule has 2 aliphatic heterocycles. The van der Waals surface area contributed by atoms with Gasteiger partial charge in [-0.05, 0) is 50.1 Å². The van der Waals surface area contributed by atoms with E-state index in [-0.39, 0.29) is 25.3 Å². The average Bonchev–Trinajstić information content (AvgIpc) is 3.33. The highest BCUT2D eigenvalue weighted by atomic mass is 16.7. The maximum atomic E-state index is 12.9. The molecule has 0 unspecified atom stereocenters.